The Morgan fingerprint density at radius 1 is 1.14 bits per heavy atom. The fourth-order valence-electron chi connectivity index (χ4n) is 3.05. The molecule has 28 heavy (non-hydrogen) atoms. The van der Waals surface area contributed by atoms with Crippen LogP contribution in [0.1, 0.15) is 11.8 Å². The van der Waals surface area contributed by atoms with Gasteiger partial charge in [-0.05, 0) is 17.7 Å². The van der Waals surface area contributed by atoms with Crippen LogP contribution in [-0.2, 0) is 11.3 Å². The van der Waals surface area contributed by atoms with Crippen LogP contribution in [0.4, 0.5) is 5.95 Å². The van der Waals surface area contributed by atoms with Gasteiger partial charge >= 0.3 is 0 Å². The maximum atomic E-state index is 10.2. The fraction of sp³-hybridized carbons (Fsp3) is 0.353. The van der Waals surface area contributed by atoms with E-state index in [2.05, 4.69) is 15.0 Å². The summed E-state index contributed by atoms with van der Waals surface area (Å²) in [4.78, 5) is 12.4. The number of aliphatic hydroxyl groups is 3. The van der Waals surface area contributed by atoms with Crippen molar-refractivity contribution >= 4 is 17.1 Å². The number of nitrogens with two attached hydrogens (primary N) is 1. The van der Waals surface area contributed by atoms with Gasteiger partial charge in [-0.3, -0.25) is 4.57 Å². The van der Waals surface area contributed by atoms with Crippen molar-refractivity contribution in [3.63, 3.8) is 0 Å². The van der Waals surface area contributed by atoms with Crippen molar-refractivity contribution in [2.45, 2.75) is 31.1 Å². The summed E-state index contributed by atoms with van der Waals surface area (Å²) >= 11 is 0. The maximum Gasteiger partial charge on any atom is 0.247 e. The number of nitrogens with zero attached hydrogens (tertiary/aromatic N) is 4. The van der Waals surface area contributed by atoms with Crippen LogP contribution in [0.15, 0.2) is 30.6 Å². The Bertz CT molecular complexity index is 978. The monoisotopic (exact) mass is 389 g/mol. The van der Waals surface area contributed by atoms with Gasteiger partial charge in [0.2, 0.25) is 11.8 Å². The quantitative estimate of drug-likeness (QED) is 0.376. The fourth-order valence-corrected chi connectivity index (χ4v) is 3.05. The number of phenols is 1. The van der Waals surface area contributed by atoms with Crippen LogP contribution in [-0.4, -0.2) is 64.9 Å². The smallest absolute Gasteiger partial charge is 0.247 e. The van der Waals surface area contributed by atoms with E-state index >= 15 is 0 Å². The number of aromatic nitrogens is 4. The van der Waals surface area contributed by atoms with E-state index in [4.69, 9.17) is 15.2 Å². The highest BCUT2D eigenvalue weighted by atomic mass is 16.6. The van der Waals surface area contributed by atoms with Gasteiger partial charge in [-0.25, -0.2) is 4.98 Å². The molecule has 0 radical (unpaired) electrons. The predicted molar refractivity (Wildman–Crippen MR) is 95.2 cm³/mol. The molecule has 1 fully saturated rings. The van der Waals surface area contributed by atoms with E-state index in [1.807, 2.05) is 0 Å². The first-order chi connectivity index (χ1) is 13.5. The molecule has 11 nitrogen and oxygen atoms in total. The molecule has 1 saturated heterocycles. The second-order valence-corrected chi connectivity index (χ2v) is 6.39. The van der Waals surface area contributed by atoms with Crippen LogP contribution in [0, 0.1) is 0 Å². The minimum Gasteiger partial charge on any atom is -0.508 e. The number of nitrogen functional groups attached to an aromatic ring is 1. The van der Waals surface area contributed by atoms with E-state index in [1.165, 1.54) is 10.9 Å². The number of aromatic hydroxyl groups is 1. The van der Waals surface area contributed by atoms with Crippen LogP contribution in [0.3, 0.4) is 0 Å². The average Bonchev–Trinajstić information content (AvgIpc) is 3.22. The van der Waals surface area contributed by atoms with Gasteiger partial charge in [0.15, 0.2) is 17.4 Å². The van der Waals surface area contributed by atoms with Gasteiger partial charge in [0.05, 0.1) is 12.9 Å². The summed E-state index contributed by atoms with van der Waals surface area (Å²) in [5.41, 5.74) is 7.13. The van der Waals surface area contributed by atoms with E-state index in [-0.39, 0.29) is 29.8 Å². The van der Waals surface area contributed by atoms with E-state index in [0.29, 0.717) is 5.52 Å². The molecule has 4 atom stereocenters. The highest BCUT2D eigenvalue weighted by Gasteiger charge is 2.44. The van der Waals surface area contributed by atoms with Crippen molar-refractivity contribution < 1.29 is 29.9 Å². The molecule has 1 aliphatic heterocycles. The van der Waals surface area contributed by atoms with Gasteiger partial charge in [-0.1, -0.05) is 12.1 Å². The molecule has 0 bridgehead atoms. The number of hydrogen-bond donors (Lipinski definition) is 5. The summed E-state index contributed by atoms with van der Waals surface area (Å²) in [6.07, 6.45) is -3.10. The minimum atomic E-state index is -1.29. The number of benzene rings is 1. The minimum absolute atomic E-state index is 0.0679. The van der Waals surface area contributed by atoms with Crippen molar-refractivity contribution in [1.29, 1.82) is 0 Å². The number of phenolic OH excluding ortho intramolecular Hbond substituents is 1. The summed E-state index contributed by atoms with van der Waals surface area (Å²) in [5.74, 6) is 0.220. The predicted octanol–water partition coefficient (Wildman–Crippen LogP) is -0.695. The molecule has 0 amide bonds. The average molecular weight is 389 g/mol. The molecule has 3 heterocycles. The SMILES string of the molecule is Nc1nc(OCc2ccc(O)cc2)c2ncn([C@@H]3O[C@H](CO)C(O)[C@@H]3O)c2n1. The molecule has 1 aliphatic rings. The van der Waals surface area contributed by atoms with E-state index in [0.717, 1.165) is 5.56 Å². The molecule has 0 spiro atoms. The molecule has 3 aromatic rings. The third-order valence-corrected chi connectivity index (χ3v) is 4.51. The Morgan fingerprint density at radius 3 is 2.57 bits per heavy atom. The molecule has 1 aromatic carbocycles. The Kier molecular flexibility index (Phi) is 4.73. The van der Waals surface area contributed by atoms with E-state index in [1.54, 1.807) is 24.3 Å². The van der Waals surface area contributed by atoms with Crippen molar-refractivity contribution in [1.82, 2.24) is 19.5 Å². The molecular formula is C17H19N5O6. The number of hydrogen-bond acceptors (Lipinski definition) is 10. The summed E-state index contributed by atoms with van der Waals surface area (Å²) < 4.78 is 12.6. The van der Waals surface area contributed by atoms with Crippen molar-refractivity contribution in [2.75, 3.05) is 12.3 Å². The molecular weight excluding hydrogens is 370 g/mol. The first-order valence-corrected chi connectivity index (χ1v) is 8.51. The van der Waals surface area contributed by atoms with E-state index in [9.17, 15) is 20.4 Å². The van der Waals surface area contributed by atoms with Crippen LogP contribution in [0.25, 0.3) is 11.2 Å². The topological polar surface area (TPSA) is 169 Å². The number of aliphatic hydroxyl groups excluding tert-OH is 3. The van der Waals surface area contributed by atoms with E-state index < -0.39 is 31.1 Å². The molecule has 2 aromatic heterocycles. The van der Waals surface area contributed by atoms with Gasteiger partial charge in [0.25, 0.3) is 0 Å². The molecule has 6 N–H and O–H groups in total. The van der Waals surface area contributed by atoms with Crippen LogP contribution in [0.2, 0.25) is 0 Å². The van der Waals surface area contributed by atoms with Crippen LogP contribution in [0.5, 0.6) is 11.6 Å². The third kappa shape index (κ3) is 3.20. The summed E-state index contributed by atoms with van der Waals surface area (Å²) in [6.45, 7) is -0.286. The molecule has 11 heteroatoms. The normalized spacial score (nSPS) is 24.7. The second kappa shape index (κ2) is 7.20. The number of anilines is 1. The van der Waals surface area contributed by atoms with Crippen molar-refractivity contribution in [3.8, 4) is 11.6 Å². The molecule has 4 rings (SSSR count). The van der Waals surface area contributed by atoms with Gasteiger partial charge < -0.3 is 35.6 Å². The molecule has 0 aliphatic carbocycles. The molecule has 0 saturated carbocycles. The van der Waals surface area contributed by atoms with Crippen LogP contribution >= 0.6 is 0 Å². The lowest BCUT2D eigenvalue weighted by Crippen LogP contribution is -2.33. The number of imidazole rings is 1. The Balaban J connectivity index is 1.64. The molecule has 1 unspecified atom stereocenters. The lowest BCUT2D eigenvalue weighted by atomic mass is 10.1. The lowest BCUT2D eigenvalue weighted by Gasteiger charge is -2.16. The second-order valence-electron chi connectivity index (χ2n) is 6.39. The number of rotatable bonds is 5. The van der Waals surface area contributed by atoms with Crippen molar-refractivity contribution in [2.24, 2.45) is 0 Å². The largest absolute Gasteiger partial charge is 0.508 e. The summed E-state index contributed by atoms with van der Waals surface area (Å²) in [6, 6.07) is 6.49. The summed E-state index contributed by atoms with van der Waals surface area (Å²) in [5, 5.41) is 38.8. The van der Waals surface area contributed by atoms with Gasteiger partial charge in [-0.15, -0.1) is 0 Å². The highest BCUT2D eigenvalue weighted by molar-refractivity contribution is 5.77. The Hall–Kier alpha value is -2.99. The zero-order valence-electron chi connectivity index (χ0n) is 14.6. The zero-order chi connectivity index (χ0) is 19.8. The standard InChI is InChI=1S/C17H19N5O6/c18-17-20-14-11(15(21-17)27-6-8-1-3-9(24)4-2-8)19-7-22(14)16-13(26)12(25)10(5-23)28-16/h1-4,7,10,12-13,16,23-26H,5-6H2,(H2,18,20,21)/t10-,12?,13+,16-/m1/s1. The van der Waals surface area contributed by atoms with Gasteiger partial charge in [-0.2, -0.15) is 9.97 Å². The van der Waals surface area contributed by atoms with Crippen LogP contribution < -0.4 is 10.5 Å². The van der Waals surface area contributed by atoms with Gasteiger partial charge in [0.1, 0.15) is 30.7 Å². The first-order valence-electron chi connectivity index (χ1n) is 8.51. The Labute approximate surface area is 158 Å². The first kappa shape index (κ1) is 18.4. The Morgan fingerprint density at radius 2 is 1.89 bits per heavy atom. The summed E-state index contributed by atoms with van der Waals surface area (Å²) in [7, 11) is 0. The van der Waals surface area contributed by atoms with Gasteiger partial charge in [0, 0.05) is 0 Å². The van der Waals surface area contributed by atoms with Crippen molar-refractivity contribution in [3.05, 3.63) is 36.2 Å². The highest BCUT2D eigenvalue weighted by Crippen LogP contribution is 2.33. The number of ether oxygens (including phenoxy) is 2. The number of fused-ring (bicyclic) bond motifs is 1. The maximum absolute atomic E-state index is 10.2. The third-order valence-electron chi connectivity index (χ3n) is 4.51. The lowest BCUT2D eigenvalue weighted by molar-refractivity contribution is -0.0511. The molecule has 148 valence electrons. The zero-order valence-corrected chi connectivity index (χ0v) is 14.6.